The maximum absolute atomic E-state index is 11.5. The van der Waals surface area contributed by atoms with E-state index in [2.05, 4.69) is 9.22 Å². The van der Waals surface area contributed by atoms with Crippen molar-refractivity contribution < 1.29 is 27.5 Å². The highest BCUT2D eigenvalue weighted by Gasteiger charge is 2.18. The van der Waals surface area contributed by atoms with Gasteiger partial charge < -0.3 is 5.11 Å². The first-order chi connectivity index (χ1) is 7.95. The molecule has 0 heterocycles. The van der Waals surface area contributed by atoms with Gasteiger partial charge in [-0.25, -0.2) is 13.3 Å². The predicted molar refractivity (Wildman–Crippen MR) is 60.1 cm³/mol. The van der Waals surface area contributed by atoms with Gasteiger partial charge in [0.25, 0.3) is 0 Å². The van der Waals surface area contributed by atoms with E-state index in [-0.39, 0.29) is 4.90 Å². The first kappa shape index (κ1) is 14.0. The maximum atomic E-state index is 11.5. The Balaban J connectivity index is 2.83. The average molecular weight is 278 g/mol. The van der Waals surface area contributed by atoms with Crippen LogP contribution in [0.2, 0.25) is 0 Å². The number of aliphatic carboxylic acids is 1. The Kier molecular flexibility index (Phi) is 4.94. The summed E-state index contributed by atoms with van der Waals surface area (Å²) in [6.07, 6.45) is 0. The Morgan fingerprint density at radius 2 is 1.94 bits per heavy atom. The Morgan fingerprint density at radius 1 is 1.35 bits per heavy atom. The molecule has 94 valence electrons. The van der Waals surface area contributed by atoms with E-state index in [4.69, 9.17) is 5.11 Å². The molecule has 1 rings (SSSR count). The van der Waals surface area contributed by atoms with Crippen LogP contribution >= 0.6 is 12.0 Å². The zero-order valence-corrected chi connectivity index (χ0v) is 10.5. The molecule has 0 atom stereocenters. The number of carbonyl (C=O) groups is 1. The fraction of sp³-hybridized carbons (Fsp3) is 0.222. The lowest BCUT2D eigenvalue weighted by Gasteiger charge is -2.03. The maximum Gasteiger partial charge on any atom is 0.319 e. The van der Waals surface area contributed by atoms with Gasteiger partial charge in [-0.1, -0.05) is 0 Å². The molecule has 0 fully saturated rings. The van der Waals surface area contributed by atoms with Crippen LogP contribution in [0.1, 0.15) is 0 Å². The van der Waals surface area contributed by atoms with Gasteiger partial charge in [-0.15, -0.1) is 0 Å². The molecule has 6 nitrogen and oxygen atoms in total. The summed E-state index contributed by atoms with van der Waals surface area (Å²) in [6.45, 7) is 0. The van der Waals surface area contributed by atoms with E-state index in [0.29, 0.717) is 4.90 Å². The molecule has 0 aliphatic carbocycles. The van der Waals surface area contributed by atoms with E-state index < -0.39 is 21.6 Å². The smallest absolute Gasteiger partial charge is 0.319 e. The van der Waals surface area contributed by atoms with Crippen LogP contribution in [-0.2, 0) is 23.9 Å². The zero-order chi connectivity index (χ0) is 12.9. The van der Waals surface area contributed by atoms with Crippen molar-refractivity contribution in [3.63, 3.8) is 0 Å². The summed E-state index contributed by atoms with van der Waals surface area (Å²) in [6, 6.07) is 5.64. The average Bonchev–Trinajstić information content (AvgIpc) is 2.25. The highest BCUT2D eigenvalue weighted by molar-refractivity contribution is 7.94. The van der Waals surface area contributed by atoms with Gasteiger partial charge in [0.05, 0.1) is 24.0 Å². The molecule has 17 heavy (non-hydrogen) atoms. The number of sulfone groups is 1. The van der Waals surface area contributed by atoms with E-state index in [1.165, 1.54) is 31.4 Å². The van der Waals surface area contributed by atoms with Gasteiger partial charge in [0.2, 0.25) is 0 Å². The first-order valence-corrected chi connectivity index (χ1v) is 6.77. The second-order valence-corrected chi connectivity index (χ2v) is 5.71. The Morgan fingerprint density at radius 3 is 2.41 bits per heavy atom. The molecule has 8 heteroatoms. The lowest BCUT2D eigenvalue weighted by molar-refractivity contribution is -0.160. The minimum absolute atomic E-state index is 0.0401. The molecular formula is C9H10O6S2. The SMILES string of the molecule is COOSc1ccc(S(=O)(=O)CC(=O)O)cc1. The third-order valence-electron chi connectivity index (χ3n) is 1.69. The molecular weight excluding hydrogens is 268 g/mol. The van der Waals surface area contributed by atoms with Crippen molar-refractivity contribution in [1.29, 1.82) is 0 Å². The molecule has 1 aromatic carbocycles. The van der Waals surface area contributed by atoms with E-state index in [0.717, 1.165) is 12.0 Å². The topological polar surface area (TPSA) is 89.9 Å². The summed E-state index contributed by atoms with van der Waals surface area (Å²) in [7, 11) is -2.43. The van der Waals surface area contributed by atoms with Gasteiger partial charge in [-0.3, -0.25) is 4.79 Å². The summed E-state index contributed by atoms with van der Waals surface area (Å²) in [4.78, 5) is 15.3. The summed E-state index contributed by atoms with van der Waals surface area (Å²) >= 11 is 0.920. The lowest BCUT2D eigenvalue weighted by Crippen LogP contribution is -2.15. The largest absolute Gasteiger partial charge is 0.480 e. The summed E-state index contributed by atoms with van der Waals surface area (Å²) in [5.74, 6) is -2.31. The molecule has 0 amide bonds. The minimum Gasteiger partial charge on any atom is -0.480 e. The van der Waals surface area contributed by atoms with Crippen LogP contribution in [-0.4, -0.2) is 32.4 Å². The first-order valence-electron chi connectivity index (χ1n) is 4.37. The Labute approximate surface area is 103 Å². The molecule has 0 saturated heterocycles. The molecule has 0 saturated carbocycles. The van der Waals surface area contributed by atoms with Gasteiger partial charge in [0, 0.05) is 4.90 Å². The molecule has 0 unspecified atom stereocenters. The lowest BCUT2D eigenvalue weighted by atomic mass is 10.4. The highest BCUT2D eigenvalue weighted by atomic mass is 32.2. The van der Waals surface area contributed by atoms with Crippen LogP contribution in [0.3, 0.4) is 0 Å². The molecule has 0 spiro atoms. The van der Waals surface area contributed by atoms with Crippen molar-refractivity contribution in [2.45, 2.75) is 9.79 Å². The second-order valence-electron chi connectivity index (χ2n) is 2.94. The van der Waals surface area contributed by atoms with Crippen LogP contribution in [0.25, 0.3) is 0 Å². The summed E-state index contributed by atoms with van der Waals surface area (Å²) in [5.41, 5.74) is 0. The summed E-state index contributed by atoms with van der Waals surface area (Å²) in [5, 5.41) is 8.46. The van der Waals surface area contributed by atoms with E-state index in [1.807, 2.05) is 0 Å². The van der Waals surface area contributed by atoms with Crippen molar-refractivity contribution >= 4 is 27.8 Å². The van der Waals surface area contributed by atoms with Gasteiger partial charge in [-0.05, 0) is 24.3 Å². The van der Waals surface area contributed by atoms with Gasteiger partial charge in [0.15, 0.2) is 15.6 Å². The number of carboxylic acid groups (broad SMARTS) is 1. The van der Waals surface area contributed by atoms with Crippen molar-refractivity contribution in [2.75, 3.05) is 12.9 Å². The highest BCUT2D eigenvalue weighted by Crippen LogP contribution is 2.21. The fourth-order valence-electron chi connectivity index (χ4n) is 1.02. The third kappa shape index (κ3) is 4.35. The molecule has 1 N–H and O–H groups in total. The van der Waals surface area contributed by atoms with Crippen molar-refractivity contribution in [2.24, 2.45) is 0 Å². The number of hydrogen-bond donors (Lipinski definition) is 1. The van der Waals surface area contributed by atoms with Crippen LogP contribution in [0.4, 0.5) is 0 Å². The third-order valence-corrected chi connectivity index (χ3v) is 3.98. The molecule has 0 aromatic heterocycles. The monoisotopic (exact) mass is 278 g/mol. The van der Waals surface area contributed by atoms with Crippen LogP contribution < -0.4 is 0 Å². The van der Waals surface area contributed by atoms with Crippen molar-refractivity contribution in [3.8, 4) is 0 Å². The molecule has 0 aliphatic rings. The van der Waals surface area contributed by atoms with Crippen LogP contribution in [0.15, 0.2) is 34.1 Å². The number of benzene rings is 1. The minimum atomic E-state index is -3.78. The van der Waals surface area contributed by atoms with E-state index in [9.17, 15) is 13.2 Å². The van der Waals surface area contributed by atoms with Gasteiger partial charge >= 0.3 is 5.97 Å². The fourth-order valence-corrected chi connectivity index (χ4v) is 2.46. The normalized spacial score (nSPS) is 11.4. The van der Waals surface area contributed by atoms with Crippen molar-refractivity contribution in [1.82, 2.24) is 0 Å². The summed E-state index contributed by atoms with van der Waals surface area (Å²) < 4.78 is 27.6. The molecule has 1 aromatic rings. The number of carboxylic acids is 1. The zero-order valence-electron chi connectivity index (χ0n) is 8.82. The predicted octanol–water partition coefficient (Wildman–Crippen LogP) is 1.13. The number of hydrogen-bond acceptors (Lipinski definition) is 6. The molecule has 0 aliphatic heterocycles. The number of rotatable bonds is 6. The van der Waals surface area contributed by atoms with Crippen LogP contribution in [0.5, 0.6) is 0 Å². The van der Waals surface area contributed by atoms with Gasteiger partial charge in [-0.2, -0.15) is 4.33 Å². The van der Waals surface area contributed by atoms with E-state index in [1.54, 1.807) is 0 Å². The van der Waals surface area contributed by atoms with Crippen molar-refractivity contribution in [3.05, 3.63) is 24.3 Å². The molecule has 0 radical (unpaired) electrons. The molecule has 0 bridgehead atoms. The standard InChI is InChI=1S/C9H10O6S2/c1-14-15-16-7-2-4-8(5-3-7)17(12,13)6-9(10)11/h2-5H,6H2,1H3,(H,10,11). The second kappa shape index (κ2) is 6.01. The Bertz CT molecular complexity index is 479. The van der Waals surface area contributed by atoms with Gasteiger partial charge in [0.1, 0.15) is 0 Å². The Hall–Kier alpha value is -1.09. The quantitative estimate of drug-likeness (QED) is 0.474. The van der Waals surface area contributed by atoms with E-state index >= 15 is 0 Å². The van der Waals surface area contributed by atoms with Crippen LogP contribution in [0, 0.1) is 0 Å².